The van der Waals surface area contributed by atoms with E-state index in [1.165, 1.54) is 11.3 Å². The van der Waals surface area contributed by atoms with Crippen LogP contribution in [0.2, 0.25) is 0 Å². The summed E-state index contributed by atoms with van der Waals surface area (Å²) in [5.74, 6) is -0.601. The average molecular weight is 213 g/mol. The van der Waals surface area contributed by atoms with Crippen LogP contribution in [-0.2, 0) is 9.59 Å². The number of anilines is 1. The molecule has 0 saturated carbocycles. The second kappa shape index (κ2) is 5.36. The van der Waals surface area contributed by atoms with Crippen molar-refractivity contribution in [1.82, 2.24) is 5.32 Å². The highest BCUT2D eigenvalue weighted by Gasteiger charge is 2.03. The lowest BCUT2D eigenvalue weighted by atomic mass is 10.4. The van der Waals surface area contributed by atoms with Crippen LogP contribution in [0.4, 0.5) is 5.69 Å². The Bertz CT molecular complexity index is 310. The van der Waals surface area contributed by atoms with E-state index in [9.17, 15) is 9.59 Å². The van der Waals surface area contributed by atoms with Crippen LogP contribution in [0.3, 0.4) is 0 Å². The first-order valence-corrected chi connectivity index (χ1v) is 4.95. The Labute approximate surface area is 85.3 Å². The minimum Gasteiger partial charge on any atom is -0.346 e. The fourth-order valence-corrected chi connectivity index (χ4v) is 1.38. The number of amides is 2. The van der Waals surface area contributed by atoms with E-state index in [-0.39, 0.29) is 24.9 Å². The molecule has 0 saturated heterocycles. The molecule has 0 atom stereocenters. The quantitative estimate of drug-likeness (QED) is 0.645. The molecule has 0 spiro atoms. The Hall–Kier alpha value is -1.40. The van der Waals surface area contributed by atoms with Gasteiger partial charge in [-0.3, -0.25) is 9.59 Å². The molecule has 0 aliphatic heterocycles. The molecular formula is C8H11N3O2S. The third kappa shape index (κ3) is 3.55. The van der Waals surface area contributed by atoms with Crippen molar-refractivity contribution in [2.45, 2.75) is 0 Å². The molecule has 4 N–H and O–H groups in total. The van der Waals surface area contributed by atoms with Crippen LogP contribution in [0.1, 0.15) is 0 Å². The van der Waals surface area contributed by atoms with Crippen LogP contribution in [0.15, 0.2) is 16.8 Å². The topological polar surface area (TPSA) is 84.2 Å². The van der Waals surface area contributed by atoms with E-state index in [2.05, 4.69) is 10.6 Å². The Kier molecular flexibility index (Phi) is 4.09. The van der Waals surface area contributed by atoms with Crippen LogP contribution in [-0.4, -0.2) is 24.9 Å². The van der Waals surface area contributed by atoms with E-state index < -0.39 is 0 Å². The summed E-state index contributed by atoms with van der Waals surface area (Å²) in [5.41, 5.74) is 5.79. The van der Waals surface area contributed by atoms with Gasteiger partial charge < -0.3 is 16.4 Å². The molecule has 1 aromatic rings. The lowest BCUT2D eigenvalue weighted by Gasteiger charge is -2.03. The molecule has 0 radical (unpaired) electrons. The first kappa shape index (κ1) is 10.7. The summed E-state index contributed by atoms with van der Waals surface area (Å²) in [4.78, 5) is 21.9. The molecule has 0 aliphatic rings. The normalized spacial score (nSPS) is 9.50. The minimum absolute atomic E-state index is 0.0497. The first-order chi connectivity index (χ1) is 6.72. The van der Waals surface area contributed by atoms with Crippen molar-refractivity contribution in [2.75, 3.05) is 18.4 Å². The summed E-state index contributed by atoms with van der Waals surface area (Å²) in [7, 11) is 0. The van der Waals surface area contributed by atoms with Crippen LogP contribution in [0.5, 0.6) is 0 Å². The molecule has 76 valence electrons. The number of hydrogen-bond acceptors (Lipinski definition) is 4. The number of nitrogens with one attached hydrogen (secondary N) is 2. The Morgan fingerprint density at radius 1 is 1.43 bits per heavy atom. The average Bonchev–Trinajstić information content (AvgIpc) is 2.66. The molecule has 0 unspecified atom stereocenters. The van der Waals surface area contributed by atoms with Crippen molar-refractivity contribution in [2.24, 2.45) is 5.73 Å². The van der Waals surface area contributed by atoms with Gasteiger partial charge in [-0.15, -0.1) is 0 Å². The predicted octanol–water partition coefficient (Wildman–Crippen LogP) is -0.239. The van der Waals surface area contributed by atoms with Crippen molar-refractivity contribution in [3.8, 4) is 0 Å². The van der Waals surface area contributed by atoms with Crippen LogP contribution >= 0.6 is 11.3 Å². The van der Waals surface area contributed by atoms with E-state index in [1.807, 2.05) is 10.8 Å². The zero-order chi connectivity index (χ0) is 10.4. The molecule has 0 aliphatic carbocycles. The third-order valence-corrected chi connectivity index (χ3v) is 2.12. The van der Waals surface area contributed by atoms with Crippen LogP contribution in [0.25, 0.3) is 0 Å². The van der Waals surface area contributed by atoms with Gasteiger partial charge in [-0.1, -0.05) is 0 Å². The Morgan fingerprint density at radius 2 is 2.21 bits per heavy atom. The minimum atomic E-state index is -0.342. The van der Waals surface area contributed by atoms with E-state index in [0.29, 0.717) is 0 Å². The summed E-state index contributed by atoms with van der Waals surface area (Å²) < 4.78 is 0. The monoisotopic (exact) mass is 213 g/mol. The molecule has 1 heterocycles. The van der Waals surface area contributed by atoms with Gasteiger partial charge in [0.15, 0.2) is 0 Å². The fraction of sp³-hybridized carbons (Fsp3) is 0.250. The number of carbonyl (C=O) groups excluding carboxylic acids is 2. The van der Waals surface area contributed by atoms with Crippen molar-refractivity contribution in [3.63, 3.8) is 0 Å². The van der Waals surface area contributed by atoms with E-state index in [0.717, 1.165) is 5.69 Å². The zero-order valence-corrected chi connectivity index (χ0v) is 8.26. The number of hydrogen-bond donors (Lipinski definition) is 3. The molecule has 5 nitrogen and oxygen atoms in total. The van der Waals surface area contributed by atoms with E-state index in [1.54, 1.807) is 6.07 Å². The molecule has 2 amide bonds. The highest BCUT2D eigenvalue weighted by atomic mass is 32.1. The van der Waals surface area contributed by atoms with Gasteiger partial charge in [0, 0.05) is 5.38 Å². The second-order valence-corrected chi connectivity index (χ2v) is 3.32. The number of rotatable bonds is 4. The van der Waals surface area contributed by atoms with E-state index >= 15 is 0 Å². The maximum atomic E-state index is 11.2. The summed E-state index contributed by atoms with van der Waals surface area (Å²) in [5, 5.41) is 8.65. The zero-order valence-electron chi connectivity index (χ0n) is 7.45. The van der Waals surface area contributed by atoms with Gasteiger partial charge in [0.25, 0.3) is 0 Å². The summed E-state index contributed by atoms with van der Waals surface area (Å²) in [6.45, 7) is -0.155. The smallest absolute Gasteiger partial charge is 0.243 e. The predicted molar refractivity (Wildman–Crippen MR) is 55.0 cm³/mol. The summed E-state index contributed by atoms with van der Waals surface area (Å²) in [6.07, 6.45) is 0. The molecule has 14 heavy (non-hydrogen) atoms. The standard InChI is InChI=1S/C8H11N3O2S/c9-3-7(12)10-4-8(13)11-6-1-2-14-5-6/h1-2,5H,3-4,9H2,(H,10,12)(H,11,13). The Morgan fingerprint density at radius 3 is 2.79 bits per heavy atom. The molecule has 0 fully saturated rings. The van der Waals surface area contributed by atoms with Gasteiger partial charge >= 0.3 is 0 Å². The van der Waals surface area contributed by atoms with E-state index in [4.69, 9.17) is 5.73 Å². The number of thiophene rings is 1. The largest absolute Gasteiger partial charge is 0.346 e. The maximum Gasteiger partial charge on any atom is 0.243 e. The van der Waals surface area contributed by atoms with Gasteiger partial charge in [-0.25, -0.2) is 0 Å². The van der Waals surface area contributed by atoms with Gasteiger partial charge in [0.2, 0.25) is 11.8 Å². The third-order valence-electron chi connectivity index (χ3n) is 1.44. The first-order valence-electron chi connectivity index (χ1n) is 4.01. The molecule has 0 aromatic carbocycles. The lowest BCUT2D eigenvalue weighted by Crippen LogP contribution is -2.36. The molecular weight excluding hydrogens is 202 g/mol. The van der Waals surface area contributed by atoms with Gasteiger partial charge in [0.1, 0.15) is 0 Å². The van der Waals surface area contributed by atoms with Crippen molar-refractivity contribution in [3.05, 3.63) is 16.8 Å². The van der Waals surface area contributed by atoms with Crippen LogP contribution < -0.4 is 16.4 Å². The molecule has 1 aromatic heterocycles. The van der Waals surface area contributed by atoms with Crippen molar-refractivity contribution in [1.29, 1.82) is 0 Å². The van der Waals surface area contributed by atoms with Crippen molar-refractivity contribution >= 4 is 28.8 Å². The van der Waals surface area contributed by atoms with Gasteiger partial charge in [-0.2, -0.15) is 11.3 Å². The molecule has 0 bridgehead atoms. The highest BCUT2D eigenvalue weighted by Crippen LogP contribution is 2.10. The number of nitrogens with two attached hydrogens (primary N) is 1. The summed E-state index contributed by atoms with van der Waals surface area (Å²) >= 11 is 1.49. The fourth-order valence-electron chi connectivity index (χ4n) is 0.792. The maximum absolute atomic E-state index is 11.2. The van der Waals surface area contributed by atoms with Gasteiger partial charge in [0.05, 0.1) is 18.8 Å². The van der Waals surface area contributed by atoms with Crippen LogP contribution in [0, 0.1) is 0 Å². The second-order valence-electron chi connectivity index (χ2n) is 2.54. The highest BCUT2D eigenvalue weighted by molar-refractivity contribution is 7.08. The summed E-state index contributed by atoms with van der Waals surface area (Å²) in [6, 6.07) is 1.79. The Balaban J connectivity index is 2.26. The SMILES string of the molecule is NCC(=O)NCC(=O)Nc1ccsc1. The lowest BCUT2D eigenvalue weighted by molar-refractivity contribution is -0.123. The molecule has 1 rings (SSSR count). The van der Waals surface area contributed by atoms with Gasteiger partial charge in [-0.05, 0) is 11.4 Å². The van der Waals surface area contributed by atoms with Crippen molar-refractivity contribution < 1.29 is 9.59 Å². The number of carbonyl (C=O) groups is 2. The molecule has 6 heteroatoms.